The van der Waals surface area contributed by atoms with E-state index in [1.54, 1.807) is 31.2 Å². The van der Waals surface area contributed by atoms with Gasteiger partial charge in [0, 0.05) is 11.9 Å². The number of rotatable bonds is 7. The average Bonchev–Trinajstić information content (AvgIpc) is 3.14. The number of hydrogen-bond donors (Lipinski definition) is 4. The molecule has 1 amide bonds. The van der Waals surface area contributed by atoms with Crippen molar-refractivity contribution in [3.63, 3.8) is 0 Å². The molecule has 3 aromatic carbocycles. The van der Waals surface area contributed by atoms with Gasteiger partial charge in [0.15, 0.2) is 10.9 Å². The summed E-state index contributed by atoms with van der Waals surface area (Å²) in [5.74, 6) is -0.586. The van der Waals surface area contributed by atoms with E-state index in [2.05, 4.69) is 62.9 Å². The van der Waals surface area contributed by atoms with Crippen LogP contribution in [-0.4, -0.2) is 28.6 Å². The third-order valence-corrected chi connectivity index (χ3v) is 7.21. The second kappa shape index (κ2) is 12.8. The number of fused-ring (bicyclic) bond motifs is 2. The van der Waals surface area contributed by atoms with Gasteiger partial charge in [-0.3, -0.25) is 15.6 Å². The van der Waals surface area contributed by atoms with E-state index in [9.17, 15) is 9.59 Å². The number of hydrazine groups is 1. The molecule has 4 N–H and O–H groups in total. The predicted octanol–water partition coefficient (Wildman–Crippen LogP) is 5.84. The number of thiocarbonyl (C=S) groups is 1. The van der Waals surface area contributed by atoms with E-state index in [4.69, 9.17) is 28.6 Å². The second-order valence-corrected chi connectivity index (χ2v) is 10.2. The third-order valence-electron chi connectivity index (χ3n) is 6.70. The fourth-order valence-corrected chi connectivity index (χ4v) is 5.14. The topological polar surface area (TPSA) is 104 Å². The zero-order valence-electron chi connectivity index (χ0n) is 22.2. The molecule has 0 saturated heterocycles. The Hall–Kier alpha value is -4.47. The van der Waals surface area contributed by atoms with Crippen LogP contribution in [-0.2, 0) is 17.6 Å². The predicted molar refractivity (Wildman–Crippen MR) is 164 cm³/mol. The Kier molecular flexibility index (Phi) is 8.76. The van der Waals surface area contributed by atoms with Gasteiger partial charge in [0.25, 0.3) is 5.91 Å². The van der Waals surface area contributed by atoms with Crippen LogP contribution in [0.25, 0.3) is 0 Å². The number of ether oxygens (including phenoxy) is 1. The highest BCUT2D eigenvalue weighted by molar-refractivity contribution is 7.80. The maximum atomic E-state index is 12.8. The number of benzene rings is 3. The Morgan fingerprint density at radius 2 is 1.63 bits per heavy atom. The number of halogens is 1. The van der Waals surface area contributed by atoms with Gasteiger partial charge in [-0.25, -0.2) is 9.78 Å². The monoisotopic (exact) mass is 585 g/mol. The minimum atomic E-state index is -0.462. The van der Waals surface area contributed by atoms with Gasteiger partial charge in [0.2, 0.25) is 0 Å². The highest BCUT2D eigenvalue weighted by Crippen LogP contribution is 2.32. The molecule has 5 rings (SSSR count). The molecule has 1 aliphatic rings. The van der Waals surface area contributed by atoms with E-state index in [1.165, 1.54) is 34.5 Å². The maximum absolute atomic E-state index is 12.8. The van der Waals surface area contributed by atoms with Crippen molar-refractivity contribution in [2.45, 2.75) is 25.8 Å². The molecule has 0 spiro atoms. The summed E-state index contributed by atoms with van der Waals surface area (Å²) in [6.07, 6.45) is 3.31. The summed E-state index contributed by atoms with van der Waals surface area (Å²) >= 11 is 12.1. The van der Waals surface area contributed by atoms with Gasteiger partial charge in [-0.2, -0.15) is 0 Å². The molecule has 1 aliphatic carbocycles. The molecule has 41 heavy (non-hydrogen) atoms. The highest BCUT2D eigenvalue weighted by atomic mass is 35.5. The first-order chi connectivity index (χ1) is 19.9. The molecule has 4 aromatic rings. The minimum absolute atomic E-state index is 0.122. The first-order valence-corrected chi connectivity index (χ1v) is 13.9. The van der Waals surface area contributed by atoms with Crippen LogP contribution in [0.2, 0.25) is 5.02 Å². The van der Waals surface area contributed by atoms with Crippen molar-refractivity contribution in [1.82, 2.24) is 15.7 Å². The quantitative estimate of drug-likeness (QED) is 0.122. The summed E-state index contributed by atoms with van der Waals surface area (Å²) in [5.41, 5.74) is 11.8. The van der Waals surface area contributed by atoms with Gasteiger partial charge in [0.05, 0.1) is 28.8 Å². The Bertz CT molecular complexity index is 1560. The Morgan fingerprint density at radius 3 is 2.29 bits per heavy atom. The van der Waals surface area contributed by atoms with E-state index in [0.717, 1.165) is 12.8 Å². The number of anilines is 2. The molecular formula is C31H28ClN5O3S. The number of carbonyl (C=O) groups excluding carboxylic acids is 2. The van der Waals surface area contributed by atoms with Crippen LogP contribution in [0.1, 0.15) is 55.9 Å². The molecule has 0 unspecified atom stereocenters. The lowest BCUT2D eigenvalue weighted by atomic mass is 9.95. The maximum Gasteiger partial charge on any atom is 0.338 e. The van der Waals surface area contributed by atoms with Crippen molar-refractivity contribution in [3.05, 3.63) is 123 Å². The molecule has 0 radical (unpaired) electrons. The molecule has 0 fully saturated rings. The number of nitrogens with one attached hydrogen (secondary N) is 4. The molecule has 8 nitrogen and oxygen atoms in total. The van der Waals surface area contributed by atoms with E-state index in [0.29, 0.717) is 22.2 Å². The van der Waals surface area contributed by atoms with Gasteiger partial charge < -0.3 is 15.4 Å². The van der Waals surface area contributed by atoms with Crippen molar-refractivity contribution >= 4 is 52.3 Å². The zero-order chi connectivity index (χ0) is 28.8. The van der Waals surface area contributed by atoms with Crippen LogP contribution < -0.4 is 21.5 Å². The molecule has 0 aliphatic heterocycles. The number of esters is 1. The van der Waals surface area contributed by atoms with E-state index in [1.807, 2.05) is 12.1 Å². The van der Waals surface area contributed by atoms with Crippen molar-refractivity contribution in [3.8, 4) is 0 Å². The molecule has 0 bridgehead atoms. The Labute approximate surface area is 248 Å². The third kappa shape index (κ3) is 6.65. The number of amides is 1. The summed E-state index contributed by atoms with van der Waals surface area (Å²) in [4.78, 5) is 29.1. The fourth-order valence-electron chi connectivity index (χ4n) is 4.76. The number of carbonyl (C=O) groups is 2. The van der Waals surface area contributed by atoms with Crippen molar-refractivity contribution in [2.24, 2.45) is 0 Å². The van der Waals surface area contributed by atoms with Crippen LogP contribution in [0.15, 0.2) is 85.1 Å². The molecule has 1 aromatic heterocycles. The van der Waals surface area contributed by atoms with E-state index in [-0.39, 0.29) is 23.2 Å². The van der Waals surface area contributed by atoms with Crippen LogP contribution >= 0.6 is 23.8 Å². The van der Waals surface area contributed by atoms with Crippen LogP contribution in [0.4, 0.5) is 11.5 Å². The lowest BCUT2D eigenvalue weighted by Crippen LogP contribution is -2.41. The average molecular weight is 586 g/mol. The SMILES string of the molecule is CCOC(=O)c1cccc(NC(=O)c2cnc(NNC(=S)NC3c4ccccc4CCc4ccccc43)c(Cl)c2)c1. The van der Waals surface area contributed by atoms with E-state index >= 15 is 0 Å². The molecule has 0 atom stereocenters. The normalized spacial score (nSPS) is 12.2. The van der Waals surface area contributed by atoms with Crippen LogP contribution in [0.5, 0.6) is 0 Å². The van der Waals surface area contributed by atoms with Gasteiger partial charge in [-0.1, -0.05) is 66.2 Å². The summed E-state index contributed by atoms with van der Waals surface area (Å²) in [5, 5.41) is 6.76. The van der Waals surface area contributed by atoms with Gasteiger partial charge in [0.1, 0.15) is 0 Å². The second-order valence-electron chi connectivity index (χ2n) is 9.36. The molecule has 208 valence electrons. The molecule has 0 saturated carbocycles. The zero-order valence-corrected chi connectivity index (χ0v) is 23.8. The highest BCUT2D eigenvalue weighted by Gasteiger charge is 2.24. The van der Waals surface area contributed by atoms with Gasteiger partial charge >= 0.3 is 5.97 Å². The fraction of sp³-hybridized carbons (Fsp3) is 0.161. The summed E-state index contributed by atoms with van der Waals surface area (Å²) in [7, 11) is 0. The number of aryl methyl sites for hydroxylation is 2. The lowest BCUT2D eigenvalue weighted by Gasteiger charge is -2.24. The van der Waals surface area contributed by atoms with Crippen molar-refractivity contribution < 1.29 is 14.3 Å². The molecule has 10 heteroatoms. The van der Waals surface area contributed by atoms with E-state index < -0.39 is 11.9 Å². The molecule has 1 heterocycles. The minimum Gasteiger partial charge on any atom is -0.462 e. The van der Waals surface area contributed by atoms with Crippen LogP contribution in [0.3, 0.4) is 0 Å². The Morgan fingerprint density at radius 1 is 0.951 bits per heavy atom. The summed E-state index contributed by atoms with van der Waals surface area (Å²) in [6.45, 7) is 1.99. The Balaban J connectivity index is 1.23. The first-order valence-electron chi connectivity index (χ1n) is 13.1. The summed E-state index contributed by atoms with van der Waals surface area (Å²) in [6, 6.07) is 24.6. The van der Waals surface area contributed by atoms with Crippen LogP contribution in [0, 0.1) is 0 Å². The molecular weight excluding hydrogens is 558 g/mol. The standard InChI is InChI=1S/C31H28ClN5O3S/c1-2-40-30(39)21-10-7-11-23(16-21)34-29(38)22-17-26(32)28(33-18-22)36-37-31(41)35-27-24-12-5-3-8-19(24)14-15-20-9-4-6-13-25(20)27/h3-13,16-18,27H,2,14-15H2,1H3,(H,33,36)(H,34,38)(H2,35,37,41). The van der Waals surface area contributed by atoms with Crippen molar-refractivity contribution in [1.29, 1.82) is 0 Å². The largest absolute Gasteiger partial charge is 0.462 e. The number of hydrogen-bond acceptors (Lipinski definition) is 6. The number of nitrogens with zero attached hydrogens (tertiary/aromatic N) is 1. The summed E-state index contributed by atoms with van der Waals surface area (Å²) < 4.78 is 5.01. The number of pyridine rings is 1. The smallest absolute Gasteiger partial charge is 0.338 e. The number of aromatic nitrogens is 1. The van der Waals surface area contributed by atoms with Crippen molar-refractivity contribution in [2.75, 3.05) is 17.3 Å². The lowest BCUT2D eigenvalue weighted by molar-refractivity contribution is 0.0526. The first kappa shape index (κ1) is 28.1. The van der Waals surface area contributed by atoms with Gasteiger partial charge in [-0.15, -0.1) is 0 Å². The van der Waals surface area contributed by atoms with Gasteiger partial charge in [-0.05, 0) is 78.5 Å².